The van der Waals surface area contributed by atoms with E-state index in [0.717, 1.165) is 0 Å². The summed E-state index contributed by atoms with van der Waals surface area (Å²) in [6.07, 6.45) is 0.464. The van der Waals surface area contributed by atoms with Crippen LogP contribution in [0.25, 0.3) is 0 Å². The number of hydrogen-bond donors (Lipinski definition) is 1. The van der Waals surface area contributed by atoms with Crippen molar-refractivity contribution in [3.8, 4) is 5.75 Å². The van der Waals surface area contributed by atoms with Crippen LogP contribution in [-0.2, 0) is 27.2 Å². The van der Waals surface area contributed by atoms with Gasteiger partial charge in [-0.1, -0.05) is 0 Å². The molecule has 1 heterocycles. The molecule has 0 amide bonds. The maximum Gasteiger partial charge on any atom is 0.243 e. The van der Waals surface area contributed by atoms with Gasteiger partial charge < -0.3 is 10.5 Å². The van der Waals surface area contributed by atoms with E-state index in [2.05, 4.69) is 0 Å². The molecule has 2 rings (SSSR count). The van der Waals surface area contributed by atoms with Gasteiger partial charge in [-0.25, -0.2) is 8.42 Å². The first-order valence-corrected chi connectivity index (χ1v) is 9.64. The second-order valence-electron chi connectivity index (χ2n) is 4.76. The van der Waals surface area contributed by atoms with Crippen molar-refractivity contribution in [1.29, 1.82) is 0 Å². The second-order valence-corrected chi connectivity index (χ2v) is 8.37. The van der Waals surface area contributed by atoms with Crippen LogP contribution >= 0.6 is 0 Å². The fourth-order valence-electron chi connectivity index (χ4n) is 2.29. The summed E-state index contributed by atoms with van der Waals surface area (Å²) in [6, 6.07) is 4.90. The Balaban J connectivity index is 2.36. The first kappa shape index (κ1) is 16.4. The largest absolute Gasteiger partial charge is 0.497 e. The van der Waals surface area contributed by atoms with Gasteiger partial charge in [0.2, 0.25) is 10.0 Å². The average Bonchev–Trinajstić information content (AvgIpc) is 2.47. The number of benzene rings is 1. The quantitative estimate of drug-likeness (QED) is 0.816. The zero-order chi connectivity index (χ0) is 15.5. The fourth-order valence-corrected chi connectivity index (χ4v) is 5.24. The van der Waals surface area contributed by atoms with Crippen molar-refractivity contribution in [2.75, 3.05) is 38.2 Å². The molecule has 2 N–H and O–H groups in total. The molecule has 118 valence electrons. The van der Waals surface area contributed by atoms with Gasteiger partial charge in [0.1, 0.15) is 5.75 Å². The van der Waals surface area contributed by atoms with E-state index in [1.165, 1.54) is 11.4 Å². The van der Waals surface area contributed by atoms with Crippen molar-refractivity contribution in [2.24, 2.45) is 5.73 Å². The monoisotopic (exact) mass is 332 g/mol. The van der Waals surface area contributed by atoms with E-state index in [1.54, 1.807) is 18.2 Å². The number of sulfonamides is 1. The minimum absolute atomic E-state index is 0.265. The summed E-state index contributed by atoms with van der Waals surface area (Å²) in [5.41, 5.74) is 6.23. The number of nitrogens with two attached hydrogens (primary N) is 1. The standard InChI is InChI=1S/C13H20N2O4S2/c1-19-12-2-3-13(11(10-12)4-5-14)21(17,18)15-6-8-20(16)9-7-15/h2-3,10H,4-9,14H2,1H3. The fraction of sp³-hybridized carbons (Fsp3) is 0.538. The smallest absolute Gasteiger partial charge is 0.243 e. The number of hydrogen-bond acceptors (Lipinski definition) is 5. The molecule has 0 aromatic heterocycles. The number of nitrogens with zero attached hydrogens (tertiary/aromatic N) is 1. The van der Waals surface area contributed by atoms with Crippen LogP contribution in [-0.4, -0.2) is 55.2 Å². The van der Waals surface area contributed by atoms with E-state index in [4.69, 9.17) is 10.5 Å². The van der Waals surface area contributed by atoms with Gasteiger partial charge in [-0.05, 0) is 36.7 Å². The molecule has 0 bridgehead atoms. The van der Waals surface area contributed by atoms with Gasteiger partial charge in [-0.15, -0.1) is 0 Å². The topological polar surface area (TPSA) is 89.7 Å². The highest BCUT2D eigenvalue weighted by Crippen LogP contribution is 2.25. The lowest BCUT2D eigenvalue weighted by molar-refractivity contribution is 0.413. The van der Waals surface area contributed by atoms with E-state index in [-0.39, 0.29) is 4.90 Å². The van der Waals surface area contributed by atoms with Crippen molar-refractivity contribution in [3.05, 3.63) is 23.8 Å². The Labute approximate surface area is 127 Å². The summed E-state index contributed by atoms with van der Waals surface area (Å²) < 4.78 is 43.4. The molecule has 0 aliphatic carbocycles. The third kappa shape index (κ3) is 3.63. The molecule has 1 aliphatic rings. The van der Waals surface area contributed by atoms with E-state index >= 15 is 0 Å². The first-order chi connectivity index (χ1) is 9.98. The molecule has 0 radical (unpaired) electrons. The highest BCUT2D eigenvalue weighted by Gasteiger charge is 2.29. The third-order valence-electron chi connectivity index (χ3n) is 3.44. The Morgan fingerprint density at radius 3 is 2.57 bits per heavy atom. The van der Waals surface area contributed by atoms with Gasteiger partial charge in [0.05, 0.1) is 12.0 Å². The Morgan fingerprint density at radius 2 is 2.00 bits per heavy atom. The maximum absolute atomic E-state index is 12.7. The van der Waals surface area contributed by atoms with Gasteiger partial charge in [-0.2, -0.15) is 4.31 Å². The van der Waals surface area contributed by atoms with E-state index < -0.39 is 20.8 Å². The van der Waals surface area contributed by atoms with Gasteiger partial charge in [0.25, 0.3) is 0 Å². The third-order valence-corrected chi connectivity index (χ3v) is 6.71. The lowest BCUT2D eigenvalue weighted by Crippen LogP contribution is -2.42. The van der Waals surface area contributed by atoms with Crippen LogP contribution in [0.5, 0.6) is 5.75 Å². The molecular formula is C13H20N2O4S2. The van der Waals surface area contributed by atoms with Gasteiger partial charge in [0, 0.05) is 35.4 Å². The van der Waals surface area contributed by atoms with Gasteiger partial charge in [-0.3, -0.25) is 4.21 Å². The molecule has 1 fully saturated rings. The first-order valence-electron chi connectivity index (χ1n) is 6.71. The minimum atomic E-state index is -3.58. The molecule has 0 atom stereocenters. The molecule has 0 spiro atoms. The summed E-state index contributed by atoms with van der Waals surface area (Å²) >= 11 is 0. The minimum Gasteiger partial charge on any atom is -0.497 e. The van der Waals surface area contributed by atoms with Crippen molar-refractivity contribution in [2.45, 2.75) is 11.3 Å². The van der Waals surface area contributed by atoms with Crippen molar-refractivity contribution in [3.63, 3.8) is 0 Å². The highest BCUT2D eigenvalue weighted by molar-refractivity contribution is 7.89. The summed E-state index contributed by atoms with van der Waals surface area (Å²) in [5, 5.41) is 0. The molecule has 1 aliphatic heterocycles. The van der Waals surface area contributed by atoms with Crippen molar-refractivity contribution in [1.82, 2.24) is 4.31 Å². The number of methoxy groups -OCH3 is 1. The van der Waals surface area contributed by atoms with Crippen molar-refractivity contribution >= 4 is 20.8 Å². The van der Waals surface area contributed by atoms with Crippen LogP contribution < -0.4 is 10.5 Å². The van der Waals surface area contributed by atoms with Gasteiger partial charge >= 0.3 is 0 Å². The predicted octanol–water partition coefficient (Wildman–Crippen LogP) is -0.0506. The summed E-state index contributed by atoms with van der Waals surface area (Å²) in [7, 11) is -2.95. The van der Waals surface area contributed by atoms with E-state index in [9.17, 15) is 12.6 Å². The summed E-state index contributed by atoms with van der Waals surface area (Å²) in [4.78, 5) is 0.265. The van der Waals surface area contributed by atoms with Crippen LogP contribution in [0.1, 0.15) is 5.56 Å². The van der Waals surface area contributed by atoms with Crippen LogP contribution in [0.3, 0.4) is 0 Å². The lowest BCUT2D eigenvalue weighted by Gasteiger charge is -2.26. The Kier molecular flexibility index (Phi) is 5.37. The summed E-state index contributed by atoms with van der Waals surface area (Å²) in [6.45, 7) is 0.950. The molecule has 0 unspecified atom stereocenters. The van der Waals surface area contributed by atoms with Gasteiger partial charge in [0.15, 0.2) is 0 Å². The average molecular weight is 332 g/mol. The lowest BCUT2D eigenvalue weighted by atomic mass is 10.1. The number of ether oxygens (including phenoxy) is 1. The van der Waals surface area contributed by atoms with Crippen LogP contribution in [0.15, 0.2) is 23.1 Å². The Morgan fingerprint density at radius 1 is 1.33 bits per heavy atom. The Bertz CT molecular complexity index is 621. The van der Waals surface area contributed by atoms with E-state index in [0.29, 0.717) is 48.9 Å². The summed E-state index contributed by atoms with van der Waals surface area (Å²) in [5.74, 6) is 1.39. The molecule has 8 heteroatoms. The van der Waals surface area contributed by atoms with Crippen LogP contribution in [0, 0.1) is 0 Å². The van der Waals surface area contributed by atoms with E-state index in [1.807, 2.05) is 0 Å². The Hall–Kier alpha value is -0.960. The zero-order valence-corrected chi connectivity index (χ0v) is 13.6. The maximum atomic E-state index is 12.7. The predicted molar refractivity (Wildman–Crippen MR) is 82.4 cm³/mol. The SMILES string of the molecule is COc1ccc(S(=O)(=O)N2CCS(=O)CC2)c(CCN)c1. The zero-order valence-electron chi connectivity index (χ0n) is 11.9. The second kappa shape index (κ2) is 6.87. The van der Waals surface area contributed by atoms with Crippen LogP contribution in [0.4, 0.5) is 0 Å². The van der Waals surface area contributed by atoms with Crippen molar-refractivity contribution < 1.29 is 17.4 Å². The molecule has 1 aromatic rings. The number of rotatable bonds is 5. The molecule has 6 nitrogen and oxygen atoms in total. The molecule has 0 saturated carbocycles. The normalized spacial score (nSPS) is 17.8. The molecule has 1 saturated heterocycles. The molecule has 21 heavy (non-hydrogen) atoms. The molecular weight excluding hydrogens is 312 g/mol. The highest BCUT2D eigenvalue weighted by atomic mass is 32.2. The molecule has 1 aromatic carbocycles. The van der Waals surface area contributed by atoms with Crippen LogP contribution in [0.2, 0.25) is 0 Å².